The molecule has 0 spiro atoms. The molecule has 4 aromatic rings. The van der Waals surface area contributed by atoms with Gasteiger partial charge in [0.05, 0.1) is 11.3 Å². The van der Waals surface area contributed by atoms with Crippen LogP contribution in [0.1, 0.15) is 22.4 Å². The molecule has 0 N–H and O–H groups in total. The first-order valence-corrected chi connectivity index (χ1v) is 11.9. The highest BCUT2D eigenvalue weighted by Crippen LogP contribution is 2.30. The van der Waals surface area contributed by atoms with Crippen molar-refractivity contribution < 1.29 is 0 Å². The van der Waals surface area contributed by atoms with Crippen LogP contribution < -0.4 is 5.56 Å². The van der Waals surface area contributed by atoms with Gasteiger partial charge >= 0.3 is 0 Å². The summed E-state index contributed by atoms with van der Waals surface area (Å²) >= 11 is 9.29. The van der Waals surface area contributed by atoms with Crippen molar-refractivity contribution in [2.45, 2.75) is 29.6 Å². The van der Waals surface area contributed by atoms with E-state index in [1.54, 1.807) is 11.8 Å². The van der Waals surface area contributed by atoms with Crippen molar-refractivity contribution in [3.63, 3.8) is 0 Å². The molecule has 30 heavy (non-hydrogen) atoms. The molecular weight excluding hydrogens is 436 g/mol. The van der Waals surface area contributed by atoms with Gasteiger partial charge in [0, 0.05) is 36.8 Å². The fourth-order valence-corrected chi connectivity index (χ4v) is 5.86. The van der Waals surface area contributed by atoms with Gasteiger partial charge in [-0.25, -0.2) is 4.98 Å². The predicted molar refractivity (Wildman–Crippen MR) is 122 cm³/mol. The van der Waals surface area contributed by atoms with Crippen LogP contribution in [-0.4, -0.2) is 26.0 Å². The largest absolute Gasteiger partial charge is 0.294 e. The lowest BCUT2D eigenvalue weighted by molar-refractivity contribution is 0.241. The average molecular weight is 455 g/mol. The average Bonchev–Trinajstić information content (AvgIpc) is 3.18. The Hall–Kier alpha value is -2.19. The third-order valence-electron chi connectivity index (χ3n) is 5.18. The molecule has 3 heterocycles. The van der Waals surface area contributed by atoms with E-state index in [-0.39, 0.29) is 5.56 Å². The first-order valence-electron chi connectivity index (χ1n) is 9.71. The Morgan fingerprint density at radius 3 is 2.73 bits per heavy atom. The highest BCUT2D eigenvalue weighted by atomic mass is 35.5. The predicted octanol–water partition coefficient (Wildman–Crippen LogP) is 4.66. The molecule has 0 unspecified atom stereocenters. The van der Waals surface area contributed by atoms with E-state index >= 15 is 0 Å². The minimum Gasteiger partial charge on any atom is -0.294 e. The number of nitrogens with zero attached hydrogens (tertiary/aromatic N) is 4. The van der Waals surface area contributed by atoms with E-state index in [4.69, 9.17) is 16.6 Å². The van der Waals surface area contributed by atoms with Crippen LogP contribution in [0.4, 0.5) is 0 Å². The van der Waals surface area contributed by atoms with Gasteiger partial charge in [-0.3, -0.25) is 9.69 Å². The summed E-state index contributed by atoms with van der Waals surface area (Å²) in [5, 5.41) is 5.28. The summed E-state index contributed by atoms with van der Waals surface area (Å²) in [4.78, 5) is 20.8. The molecule has 0 fully saturated rings. The summed E-state index contributed by atoms with van der Waals surface area (Å²) in [5.41, 5.74) is 3.94. The first kappa shape index (κ1) is 19.8. The zero-order valence-corrected chi connectivity index (χ0v) is 18.5. The summed E-state index contributed by atoms with van der Waals surface area (Å²) in [5.74, 6) is 0.707. The van der Waals surface area contributed by atoms with Crippen LogP contribution in [0.25, 0.3) is 4.96 Å². The molecule has 2 aromatic heterocycles. The Kier molecular flexibility index (Phi) is 5.60. The van der Waals surface area contributed by atoms with Crippen LogP contribution >= 0.6 is 34.7 Å². The molecular formula is C22H19ClN4OS2. The molecule has 0 aliphatic carbocycles. The highest BCUT2D eigenvalue weighted by molar-refractivity contribution is 8.00. The Labute approximate surface area is 187 Å². The Morgan fingerprint density at radius 2 is 1.90 bits per heavy atom. The second-order valence-electron chi connectivity index (χ2n) is 7.23. The topological polar surface area (TPSA) is 50.5 Å². The van der Waals surface area contributed by atoms with Gasteiger partial charge in [0.2, 0.25) is 4.96 Å². The molecule has 5 rings (SSSR count). The Morgan fingerprint density at radius 1 is 1.10 bits per heavy atom. The fraction of sp³-hybridized carbons (Fsp3) is 0.227. The molecule has 8 heteroatoms. The third-order valence-corrected chi connectivity index (χ3v) is 7.63. The smallest absolute Gasteiger partial charge is 0.279 e. The fourth-order valence-electron chi connectivity index (χ4n) is 3.63. The Balaban J connectivity index is 1.38. The molecule has 0 amide bonds. The summed E-state index contributed by atoms with van der Waals surface area (Å²) in [6, 6.07) is 18.1. The van der Waals surface area contributed by atoms with Gasteiger partial charge in [-0.05, 0) is 17.2 Å². The number of hydrogen-bond acceptors (Lipinski definition) is 6. The SMILES string of the molecule is O=c1c2c(nc3sc(SCc4ccccc4Cl)nn13)CCN(Cc1ccccc1)C2. The molecule has 1 aliphatic rings. The highest BCUT2D eigenvalue weighted by Gasteiger charge is 2.23. The van der Waals surface area contributed by atoms with Gasteiger partial charge in [0.25, 0.3) is 5.56 Å². The van der Waals surface area contributed by atoms with Crippen molar-refractivity contribution in [2.75, 3.05) is 6.54 Å². The van der Waals surface area contributed by atoms with E-state index in [1.807, 2.05) is 42.5 Å². The van der Waals surface area contributed by atoms with Gasteiger partial charge in [-0.2, -0.15) is 4.52 Å². The number of aromatic nitrogens is 3. The normalized spacial score (nSPS) is 14.2. The monoisotopic (exact) mass is 454 g/mol. The summed E-state index contributed by atoms with van der Waals surface area (Å²) in [6.07, 6.45) is 0.786. The second-order valence-corrected chi connectivity index (χ2v) is 9.82. The van der Waals surface area contributed by atoms with E-state index in [2.05, 4.69) is 22.1 Å². The van der Waals surface area contributed by atoms with Crippen molar-refractivity contribution in [1.29, 1.82) is 0 Å². The van der Waals surface area contributed by atoms with E-state index < -0.39 is 0 Å². The molecule has 0 bridgehead atoms. The van der Waals surface area contributed by atoms with Crippen molar-refractivity contribution in [2.24, 2.45) is 0 Å². The maximum atomic E-state index is 13.1. The summed E-state index contributed by atoms with van der Waals surface area (Å²) in [6.45, 7) is 2.34. The third kappa shape index (κ3) is 4.03. The van der Waals surface area contributed by atoms with Crippen LogP contribution in [0.15, 0.2) is 63.7 Å². The number of benzene rings is 2. The maximum absolute atomic E-state index is 13.1. The van der Waals surface area contributed by atoms with Crippen LogP contribution in [-0.2, 0) is 25.3 Å². The minimum absolute atomic E-state index is 0.0476. The van der Waals surface area contributed by atoms with E-state index in [0.29, 0.717) is 17.3 Å². The van der Waals surface area contributed by atoms with E-state index in [0.717, 1.165) is 45.7 Å². The van der Waals surface area contributed by atoms with Gasteiger partial charge < -0.3 is 0 Å². The van der Waals surface area contributed by atoms with E-state index in [1.165, 1.54) is 21.4 Å². The van der Waals surface area contributed by atoms with Crippen LogP contribution in [0, 0.1) is 0 Å². The standard InChI is InChI=1S/C22H19ClN4OS2/c23-18-9-5-4-8-16(18)14-29-22-25-27-20(28)17-13-26(12-15-6-2-1-3-7-15)11-10-19(17)24-21(27)30-22/h1-9H,10-14H2. The zero-order valence-electron chi connectivity index (χ0n) is 16.1. The molecule has 0 atom stereocenters. The lowest BCUT2D eigenvalue weighted by Crippen LogP contribution is -2.36. The molecule has 5 nitrogen and oxygen atoms in total. The number of halogens is 1. The van der Waals surface area contributed by atoms with Crippen LogP contribution in [0.2, 0.25) is 5.02 Å². The molecule has 0 radical (unpaired) electrons. The molecule has 0 saturated carbocycles. The first-order chi connectivity index (χ1) is 14.7. The van der Waals surface area contributed by atoms with Gasteiger partial charge in [-0.1, -0.05) is 83.2 Å². The minimum atomic E-state index is -0.0476. The number of thioether (sulfide) groups is 1. The van der Waals surface area contributed by atoms with Crippen LogP contribution in [0.3, 0.4) is 0 Å². The maximum Gasteiger partial charge on any atom is 0.279 e. The second kappa shape index (κ2) is 8.51. The molecule has 152 valence electrons. The van der Waals surface area contributed by atoms with Crippen molar-refractivity contribution >= 4 is 39.7 Å². The molecule has 2 aromatic carbocycles. The van der Waals surface area contributed by atoms with E-state index in [9.17, 15) is 4.79 Å². The zero-order chi connectivity index (χ0) is 20.5. The van der Waals surface area contributed by atoms with Crippen LogP contribution in [0.5, 0.6) is 0 Å². The number of hydrogen-bond donors (Lipinski definition) is 0. The Bertz CT molecular complexity index is 1260. The molecule has 1 aliphatic heterocycles. The quantitative estimate of drug-likeness (QED) is 0.411. The lowest BCUT2D eigenvalue weighted by Gasteiger charge is -2.27. The summed E-state index contributed by atoms with van der Waals surface area (Å²) < 4.78 is 2.28. The number of rotatable bonds is 5. The van der Waals surface area contributed by atoms with Gasteiger partial charge in [0.15, 0.2) is 4.34 Å². The van der Waals surface area contributed by atoms with Crippen molar-refractivity contribution in [3.05, 3.63) is 92.4 Å². The lowest BCUT2D eigenvalue weighted by atomic mass is 10.1. The molecule has 0 saturated heterocycles. The van der Waals surface area contributed by atoms with Crippen molar-refractivity contribution in [1.82, 2.24) is 19.5 Å². The van der Waals surface area contributed by atoms with Gasteiger partial charge in [-0.15, -0.1) is 5.10 Å². The van der Waals surface area contributed by atoms with Gasteiger partial charge in [0.1, 0.15) is 0 Å². The number of fused-ring (bicyclic) bond motifs is 2. The summed E-state index contributed by atoms with van der Waals surface area (Å²) in [7, 11) is 0. The van der Waals surface area contributed by atoms with Crippen molar-refractivity contribution in [3.8, 4) is 0 Å².